The van der Waals surface area contributed by atoms with Gasteiger partial charge in [-0.05, 0) is 26.0 Å². The molecule has 2 aromatic rings. The second-order valence-corrected chi connectivity index (χ2v) is 5.97. The number of imide groups is 1. The Labute approximate surface area is 148 Å². The van der Waals surface area contributed by atoms with Crippen LogP contribution >= 0.6 is 0 Å². The molecule has 0 fully saturated rings. The molecule has 2 rings (SSSR count). The molecule has 0 radical (unpaired) electrons. The van der Waals surface area contributed by atoms with Crippen molar-refractivity contribution < 1.29 is 9.59 Å². The van der Waals surface area contributed by atoms with Gasteiger partial charge in [-0.15, -0.1) is 0 Å². The fraction of sp³-hybridized carbons (Fsp3) is 0.389. The van der Waals surface area contributed by atoms with Crippen LogP contribution in [0.15, 0.2) is 49.1 Å². The first kappa shape index (κ1) is 18.7. The molecule has 0 bridgehead atoms. The Morgan fingerprint density at radius 2 is 2.04 bits per heavy atom. The summed E-state index contributed by atoms with van der Waals surface area (Å²) in [7, 11) is 1.88. The molecule has 0 spiro atoms. The van der Waals surface area contributed by atoms with E-state index in [0.29, 0.717) is 6.54 Å². The first-order chi connectivity index (χ1) is 12.1. The molecular formula is C18H25N5O2. The molecule has 25 heavy (non-hydrogen) atoms. The molecule has 2 N–H and O–H groups in total. The van der Waals surface area contributed by atoms with Crippen LogP contribution in [0.25, 0.3) is 0 Å². The van der Waals surface area contributed by atoms with Crippen LogP contribution in [0.1, 0.15) is 18.9 Å². The summed E-state index contributed by atoms with van der Waals surface area (Å²) in [5, 5.41) is 5.07. The molecule has 1 atom stereocenters. The number of nitrogens with zero attached hydrogens (tertiary/aromatic N) is 3. The molecule has 0 saturated heterocycles. The highest BCUT2D eigenvalue weighted by Crippen LogP contribution is 2.00. The zero-order valence-corrected chi connectivity index (χ0v) is 14.7. The molecule has 0 aliphatic carbocycles. The Bertz CT molecular complexity index is 657. The van der Waals surface area contributed by atoms with E-state index in [2.05, 4.69) is 15.6 Å². The number of carbonyl (C=O) groups is 2. The fourth-order valence-corrected chi connectivity index (χ4v) is 2.35. The van der Waals surface area contributed by atoms with Gasteiger partial charge in [0.2, 0.25) is 5.91 Å². The van der Waals surface area contributed by atoms with Gasteiger partial charge in [0.1, 0.15) is 0 Å². The number of aromatic nitrogens is 2. The summed E-state index contributed by atoms with van der Waals surface area (Å²) in [5.74, 6) is -0.310. The van der Waals surface area contributed by atoms with Gasteiger partial charge in [-0.3, -0.25) is 15.0 Å². The van der Waals surface area contributed by atoms with Crippen LogP contribution in [-0.2, 0) is 17.9 Å². The lowest BCUT2D eigenvalue weighted by atomic mass is 10.2. The van der Waals surface area contributed by atoms with Gasteiger partial charge < -0.3 is 9.88 Å². The number of nitrogens with one attached hydrogen (secondary N) is 2. The lowest BCUT2D eigenvalue weighted by Crippen LogP contribution is -2.48. The van der Waals surface area contributed by atoms with Gasteiger partial charge in [-0.25, -0.2) is 9.78 Å². The monoisotopic (exact) mass is 343 g/mol. The number of urea groups is 1. The molecule has 0 aliphatic rings. The molecule has 1 heterocycles. The van der Waals surface area contributed by atoms with Crippen molar-refractivity contribution in [3.63, 3.8) is 0 Å². The Morgan fingerprint density at radius 3 is 2.72 bits per heavy atom. The topological polar surface area (TPSA) is 79.3 Å². The van der Waals surface area contributed by atoms with E-state index in [4.69, 9.17) is 0 Å². The number of amides is 3. The third kappa shape index (κ3) is 6.39. The van der Waals surface area contributed by atoms with Gasteiger partial charge in [0.15, 0.2) is 0 Å². The number of carbonyl (C=O) groups excluding carboxylic acids is 2. The van der Waals surface area contributed by atoms with Crippen molar-refractivity contribution >= 4 is 11.9 Å². The van der Waals surface area contributed by atoms with E-state index in [1.807, 2.05) is 53.0 Å². The maximum atomic E-state index is 12.2. The van der Waals surface area contributed by atoms with Gasteiger partial charge in [-0.2, -0.15) is 0 Å². The third-order valence-electron chi connectivity index (χ3n) is 4.06. The molecule has 0 saturated carbocycles. The predicted molar refractivity (Wildman–Crippen MR) is 95.8 cm³/mol. The molecule has 0 unspecified atom stereocenters. The van der Waals surface area contributed by atoms with Crippen molar-refractivity contribution in [2.45, 2.75) is 32.5 Å². The van der Waals surface area contributed by atoms with Crippen LogP contribution in [-0.4, -0.2) is 46.0 Å². The van der Waals surface area contributed by atoms with Crippen molar-refractivity contribution in [3.05, 3.63) is 54.6 Å². The van der Waals surface area contributed by atoms with Crippen LogP contribution in [0, 0.1) is 0 Å². The summed E-state index contributed by atoms with van der Waals surface area (Å²) in [6.45, 7) is 3.76. The molecule has 7 heteroatoms. The zero-order valence-electron chi connectivity index (χ0n) is 14.7. The minimum atomic E-state index is -0.479. The van der Waals surface area contributed by atoms with E-state index in [1.165, 1.54) is 0 Å². The van der Waals surface area contributed by atoms with E-state index >= 15 is 0 Å². The molecular weight excluding hydrogens is 318 g/mol. The highest BCUT2D eigenvalue weighted by molar-refractivity contribution is 5.96. The third-order valence-corrected chi connectivity index (χ3v) is 4.06. The molecule has 1 aromatic carbocycles. The fourth-order valence-electron chi connectivity index (χ4n) is 2.35. The Balaban J connectivity index is 1.68. The minimum absolute atomic E-state index is 0.310. The highest BCUT2D eigenvalue weighted by Gasteiger charge is 2.19. The molecule has 1 aromatic heterocycles. The van der Waals surface area contributed by atoms with Gasteiger partial charge in [0.25, 0.3) is 0 Å². The first-order valence-electron chi connectivity index (χ1n) is 8.35. The molecule has 3 amide bonds. The van der Waals surface area contributed by atoms with Gasteiger partial charge >= 0.3 is 6.03 Å². The largest absolute Gasteiger partial charge is 0.337 e. The number of rotatable bonds is 8. The second-order valence-electron chi connectivity index (χ2n) is 5.97. The number of hydrogen-bond acceptors (Lipinski definition) is 4. The van der Waals surface area contributed by atoms with Crippen LogP contribution in [0.5, 0.6) is 0 Å². The van der Waals surface area contributed by atoms with Gasteiger partial charge in [0.05, 0.1) is 12.4 Å². The summed E-state index contributed by atoms with van der Waals surface area (Å²) >= 11 is 0. The van der Waals surface area contributed by atoms with Gasteiger partial charge in [-0.1, -0.05) is 30.3 Å². The normalized spacial score (nSPS) is 12.0. The van der Waals surface area contributed by atoms with Crippen LogP contribution in [0.3, 0.4) is 0 Å². The van der Waals surface area contributed by atoms with Crippen molar-refractivity contribution in [2.24, 2.45) is 0 Å². The Morgan fingerprint density at radius 1 is 1.28 bits per heavy atom. The van der Waals surface area contributed by atoms with Gasteiger partial charge in [0, 0.05) is 32.0 Å². The lowest BCUT2D eigenvalue weighted by molar-refractivity contribution is -0.124. The maximum Gasteiger partial charge on any atom is 0.321 e. The standard InChI is InChI=1S/C18H25N5O2/c1-15(22(2)10-6-11-23-12-9-19-14-23)17(24)21-18(25)20-13-16-7-4-3-5-8-16/h3-5,7-9,12,14-15H,6,10-11,13H2,1-2H3,(H2,20,21,24,25)/t15-/m0/s1. The average molecular weight is 343 g/mol. The number of likely N-dealkylation sites (N-methyl/N-ethyl adjacent to an activating group) is 1. The summed E-state index contributed by atoms with van der Waals surface area (Å²) in [4.78, 5) is 29.9. The van der Waals surface area contributed by atoms with E-state index in [9.17, 15) is 9.59 Å². The zero-order chi connectivity index (χ0) is 18.1. The second kappa shape index (κ2) is 9.58. The summed E-state index contributed by atoms with van der Waals surface area (Å²) in [5.41, 5.74) is 0.981. The van der Waals surface area contributed by atoms with E-state index in [1.54, 1.807) is 19.4 Å². The number of hydrogen-bond donors (Lipinski definition) is 2. The van der Waals surface area contributed by atoms with Crippen molar-refractivity contribution in [1.82, 2.24) is 25.1 Å². The van der Waals surface area contributed by atoms with Crippen LogP contribution in [0.2, 0.25) is 0 Å². The van der Waals surface area contributed by atoms with Crippen LogP contribution < -0.4 is 10.6 Å². The average Bonchev–Trinajstić information content (AvgIpc) is 3.13. The molecule has 7 nitrogen and oxygen atoms in total. The van der Waals surface area contributed by atoms with E-state index < -0.39 is 6.03 Å². The smallest absolute Gasteiger partial charge is 0.321 e. The quantitative estimate of drug-likeness (QED) is 0.763. The number of aryl methyl sites for hydroxylation is 1. The number of benzene rings is 1. The predicted octanol–water partition coefficient (Wildman–Crippen LogP) is 1.62. The molecule has 0 aliphatic heterocycles. The summed E-state index contributed by atoms with van der Waals surface area (Å²) in [6, 6.07) is 8.69. The first-order valence-corrected chi connectivity index (χ1v) is 8.35. The minimum Gasteiger partial charge on any atom is -0.337 e. The SMILES string of the molecule is C[C@@H](C(=O)NC(=O)NCc1ccccc1)N(C)CCCn1ccnc1. The van der Waals surface area contributed by atoms with Crippen molar-refractivity contribution in [2.75, 3.05) is 13.6 Å². The summed E-state index contributed by atoms with van der Waals surface area (Å²) < 4.78 is 2.00. The Kier molecular flexibility index (Phi) is 7.16. The van der Waals surface area contributed by atoms with Crippen LogP contribution in [0.4, 0.5) is 4.79 Å². The summed E-state index contributed by atoms with van der Waals surface area (Å²) in [6.07, 6.45) is 6.32. The number of imidazole rings is 1. The lowest BCUT2D eigenvalue weighted by Gasteiger charge is -2.23. The van der Waals surface area contributed by atoms with Crippen molar-refractivity contribution in [3.8, 4) is 0 Å². The van der Waals surface area contributed by atoms with E-state index in [-0.39, 0.29) is 11.9 Å². The highest BCUT2D eigenvalue weighted by atomic mass is 16.2. The van der Waals surface area contributed by atoms with E-state index in [0.717, 1.165) is 25.1 Å². The Hall–Kier alpha value is -2.67. The maximum absolute atomic E-state index is 12.2. The van der Waals surface area contributed by atoms with Crippen molar-refractivity contribution in [1.29, 1.82) is 0 Å². The molecule has 134 valence electrons.